The zero-order chi connectivity index (χ0) is 14.5. The van der Waals surface area contributed by atoms with Crippen molar-refractivity contribution in [1.29, 1.82) is 5.26 Å². The number of benzene rings is 2. The second-order valence-corrected chi connectivity index (χ2v) is 5.51. The Bertz CT molecular complexity index is 661. The first kappa shape index (κ1) is 14.4. The minimum atomic E-state index is -0.257. The molecule has 0 saturated carbocycles. The fourth-order valence-electron chi connectivity index (χ4n) is 1.87. The summed E-state index contributed by atoms with van der Waals surface area (Å²) in [4.78, 5) is 0.954. The molecule has 2 aromatic carbocycles. The smallest absolute Gasteiger partial charge is 0.161 e. The van der Waals surface area contributed by atoms with Crippen molar-refractivity contribution in [2.75, 3.05) is 0 Å². The third-order valence-corrected chi connectivity index (χ3v) is 4.09. The van der Waals surface area contributed by atoms with Gasteiger partial charge in [-0.3, -0.25) is 0 Å². The first-order valence-corrected chi connectivity index (χ1v) is 7.03. The number of hydrogen-bond donors (Lipinski definition) is 0. The predicted octanol–water partition coefficient (Wildman–Crippen LogP) is 5.24. The Morgan fingerprint density at radius 3 is 2.25 bits per heavy atom. The van der Waals surface area contributed by atoms with Crippen LogP contribution in [0.5, 0.6) is 0 Å². The quantitative estimate of drug-likeness (QED) is 0.720. The monoisotopic (exact) mass is 283 g/mol. The van der Waals surface area contributed by atoms with Crippen molar-refractivity contribution in [1.82, 2.24) is 0 Å². The van der Waals surface area contributed by atoms with Gasteiger partial charge in [-0.25, -0.2) is 0 Å². The van der Waals surface area contributed by atoms with Crippen LogP contribution in [0.25, 0.3) is 6.08 Å². The minimum Gasteiger partial charge on any atom is -0.199 e. The van der Waals surface area contributed by atoms with Gasteiger partial charge in [0, 0.05) is 4.90 Å². The van der Waals surface area contributed by atoms with E-state index in [0.29, 0.717) is 5.56 Å². The van der Waals surface area contributed by atoms with Crippen molar-refractivity contribution >= 4 is 17.8 Å². The van der Waals surface area contributed by atoms with E-state index in [0.717, 1.165) is 33.3 Å². The molecule has 20 heavy (non-hydrogen) atoms. The fourth-order valence-corrected chi connectivity index (χ4v) is 2.72. The van der Waals surface area contributed by atoms with Crippen LogP contribution >= 0.6 is 11.8 Å². The van der Waals surface area contributed by atoms with Gasteiger partial charge in [0.05, 0.1) is 11.6 Å². The van der Waals surface area contributed by atoms with Gasteiger partial charge < -0.3 is 0 Å². The summed E-state index contributed by atoms with van der Waals surface area (Å²) in [6, 6.07) is 14.8. The molecule has 0 aliphatic heterocycles. The van der Waals surface area contributed by atoms with Gasteiger partial charge in [-0.2, -0.15) is 9.65 Å². The lowest BCUT2D eigenvalue weighted by atomic mass is 10.1. The second kappa shape index (κ2) is 6.40. The zero-order valence-electron chi connectivity index (χ0n) is 11.4. The molecule has 0 fully saturated rings. The lowest BCUT2D eigenvalue weighted by Gasteiger charge is -2.07. The van der Waals surface area contributed by atoms with Gasteiger partial charge in [-0.05, 0) is 48.7 Å². The summed E-state index contributed by atoms with van der Waals surface area (Å²) in [5.41, 5.74) is 3.46. The number of rotatable bonds is 3. The third-order valence-electron chi connectivity index (χ3n) is 2.93. The van der Waals surface area contributed by atoms with Crippen LogP contribution in [0.2, 0.25) is 0 Å². The van der Waals surface area contributed by atoms with Gasteiger partial charge in [-0.1, -0.05) is 42.1 Å². The first-order chi connectivity index (χ1) is 9.60. The highest BCUT2D eigenvalue weighted by atomic mass is 32.2. The molecule has 0 aliphatic rings. The Kier molecular flexibility index (Phi) is 4.60. The summed E-state index contributed by atoms with van der Waals surface area (Å²) in [6.45, 7) is 3.95. The highest BCUT2D eigenvalue weighted by Crippen LogP contribution is 2.33. The molecule has 100 valence electrons. The van der Waals surface area contributed by atoms with Crippen LogP contribution in [-0.4, -0.2) is 0 Å². The maximum Gasteiger partial charge on any atom is 0.161 e. The van der Waals surface area contributed by atoms with E-state index in [9.17, 15) is 4.39 Å². The standard InChI is InChI=1S/C17H14FNS/c1-12-4-3-5-13(2)17(12)20-16(18)10-14-6-8-15(11-19)9-7-14/h3-10H,1-2H3/b16-10+. The first-order valence-electron chi connectivity index (χ1n) is 6.21. The Morgan fingerprint density at radius 2 is 1.70 bits per heavy atom. The van der Waals surface area contributed by atoms with Crippen molar-refractivity contribution in [2.24, 2.45) is 0 Å². The molecule has 2 rings (SSSR count). The Morgan fingerprint density at radius 1 is 1.10 bits per heavy atom. The molecule has 0 atom stereocenters. The fraction of sp³-hybridized carbons (Fsp3) is 0.118. The molecule has 0 heterocycles. The minimum absolute atomic E-state index is 0.257. The molecule has 0 spiro atoms. The van der Waals surface area contributed by atoms with E-state index in [2.05, 4.69) is 0 Å². The van der Waals surface area contributed by atoms with Crippen molar-refractivity contribution < 1.29 is 4.39 Å². The Balaban J connectivity index is 2.21. The molecule has 0 unspecified atom stereocenters. The van der Waals surface area contributed by atoms with Crippen LogP contribution in [-0.2, 0) is 0 Å². The zero-order valence-corrected chi connectivity index (χ0v) is 12.2. The number of halogens is 1. The molecule has 3 heteroatoms. The second-order valence-electron chi connectivity index (χ2n) is 4.51. The van der Waals surface area contributed by atoms with E-state index in [1.807, 2.05) is 38.1 Å². The average molecular weight is 283 g/mol. The number of nitriles is 1. The molecular formula is C17H14FNS. The molecule has 0 radical (unpaired) electrons. The van der Waals surface area contributed by atoms with E-state index in [1.165, 1.54) is 6.08 Å². The summed E-state index contributed by atoms with van der Waals surface area (Å²) in [5, 5.41) is 8.47. The van der Waals surface area contributed by atoms with Crippen molar-refractivity contribution in [2.45, 2.75) is 18.7 Å². The van der Waals surface area contributed by atoms with Gasteiger partial charge >= 0.3 is 0 Å². The molecule has 2 aromatic rings. The highest BCUT2D eigenvalue weighted by molar-refractivity contribution is 8.03. The van der Waals surface area contributed by atoms with E-state index < -0.39 is 0 Å². The van der Waals surface area contributed by atoms with E-state index in [4.69, 9.17) is 5.26 Å². The SMILES string of the molecule is Cc1cccc(C)c1S/C(F)=C/c1ccc(C#N)cc1. The van der Waals surface area contributed by atoms with Crippen molar-refractivity contribution in [3.05, 3.63) is 69.9 Å². The lowest BCUT2D eigenvalue weighted by molar-refractivity contribution is 0.706. The van der Waals surface area contributed by atoms with Gasteiger partial charge in [0.15, 0.2) is 5.16 Å². The van der Waals surface area contributed by atoms with Crippen LogP contribution in [0.1, 0.15) is 22.3 Å². The van der Waals surface area contributed by atoms with Crippen LogP contribution in [0.4, 0.5) is 4.39 Å². The average Bonchev–Trinajstić information content (AvgIpc) is 2.44. The van der Waals surface area contributed by atoms with Crippen LogP contribution in [0.3, 0.4) is 0 Å². The van der Waals surface area contributed by atoms with Crippen LogP contribution in [0.15, 0.2) is 52.5 Å². The number of thioether (sulfide) groups is 1. The van der Waals surface area contributed by atoms with E-state index >= 15 is 0 Å². The van der Waals surface area contributed by atoms with Gasteiger partial charge in [0.1, 0.15) is 0 Å². The molecule has 0 aromatic heterocycles. The summed E-state index contributed by atoms with van der Waals surface area (Å²) in [6.07, 6.45) is 1.48. The summed E-state index contributed by atoms with van der Waals surface area (Å²) >= 11 is 1.13. The normalized spacial score (nSPS) is 11.2. The van der Waals surface area contributed by atoms with Crippen LogP contribution in [0, 0.1) is 25.2 Å². The van der Waals surface area contributed by atoms with Crippen molar-refractivity contribution in [3.8, 4) is 6.07 Å². The Hall–Kier alpha value is -2.05. The largest absolute Gasteiger partial charge is 0.199 e. The van der Waals surface area contributed by atoms with Gasteiger partial charge in [0.25, 0.3) is 0 Å². The highest BCUT2D eigenvalue weighted by Gasteiger charge is 2.06. The number of hydrogen-bond acceptors (Lipinski definition) is 2. The Labute approximate surface area is 122 Å². The third kappa shape index (κ3) is 3.49. The van der Waals surface area contributed by atoms with E-state index in [1.54, 1.807) is 24.3 Å². The molecule has 0 N–H and O–H groups in total. The van der Waals surface area contributed by atoms with E-state index in [-0.39, 0.29) is 5.16 Å². The van der Waals surface area contributed by atoms with Crippen LogP contribution < -0.4 is 0 Å². The lowest BCUT2D eigenvalue weighted by Crippen LogP contribution is -1.84. The number of aryl methyl sites for hydroxylation is 2. The molecule has 1 nitrogen and oxygen atoms in total. The summed E-state index contributed by atoms with van der Waals surface area (Å²) in [5.74, 6) is 0. The molecule has 0 amide bonds. The summed E-state index contributed by atoms with van der Waals surface area (Å²) in [7, 11) is 0. The van der Waals surface area contributed by atoms with Crippen molar-refractivity contribution in [3.63, 3.8) is 0 Å². The predicted molar refractivity (Wildman–Crippen MR) is 82.0 cm³/mol. The van der Waals surface area contributed by atoms with Gasteiger partial charge in [-0.15, -0.1) is 0 Å². The maximum absolute atomic E-state index is 14.1. The molecular weight excluding hydrogens is 269 g/mol. The molecule has 0 aliphatic carbocycles. The summed E-state index contributed by atoms with van der Waals surface area (Å²) < 4.78 is 14.1. The maximum atomic E-state index is 14.1. The molecule has 0 saturated heterocycles. The topological polar surface area (TPSA) is 23.8 Å². The molecule has 0 bridgehead atoms. The van der Waals surface area contributed by atoms with Gasteiger partial charge in [0.2, 0.25) is 0 Å². The number of nitrogens with zero attached hydrogens (tertiary/aromatic N) is 1.